The number of anilines is 2. The average molecular weight is 435 g/mol. The Balaban J connectivity index is 1.50. The summed E-state index contributed by atoms with van der Waals surface area (Å²) in [6, 6.07) is 9.00. The first-order valence-electron chi connectivity index (χ1n) is 11.0. The van der Waals surface area contributed by atoms with Gasteiger partial charge in [-0.05, 0) is 43.2 Å². The van der Waals surface area contributed by atoms with Gasteiger partial charge in [0.1, 0.15) is 11.3 Å². The van der Waals surface area contributed by atoms with Crippen LogP contribution in [0.4, 0.5) is 11.6 Å². The van der Waals surface area contributed by atoms with Crippen LogP contribution in [0.2, 0.25) is 0 Å². The highest BCUT2D eigenvalue weighted by Gasteiger charge is 2.28. The zero-order valence-electron chi connectivity index (χ0n) is 17.8. The second-order valence-electron chi connectivity index (χ2n) is 8.28. The molecule has 2 fully saturated rings. The van der Waals surface area contributed by atoms with Crippen molar-refractivity contribution in [3.8, 4) is 0 Å². The van der Waals surface area contributed by atoms with Gasteiger partial charge in [-0.25, -0.2) is 4.98 Å². The number of rotatable bonds is 5. The molecule has 1 saturated heterocycles. The third-order valence-corrected chi connectivity index (χ3v) is 6.21. The smallest absolute Gasteiger partial charge is 0.270 e. The van der Waals surface area contributed by atoms with Gasteiger partial charge < -0.3 is 25.3 Å². The van der Waals surface area contributed by atoms with E-state index in [2.05, 4.69) is 14.9 Å². The zero-order chi connectivity index (χ0) is 22.1. The number of hydrogen-bond acceptors (Lipinski definition) is 6. The fourth-order valence-electron chi connectivity index (χ4n) is 4.54. The van der Waals surface area contributed by atoms with Crippen molar-refractivity contribution in [2.75, 3.05) is 31.6 Å². The summed E-state index contributed by atoms with van der Waals surface area (Å²) in [5, 5.41) is 4.03. The number of fused-ring (bicyclic) bond motifs is 1. The van der Waals surface area contributed by atoms with Gasteiger partial charge in [0.05, 0.1) is 13.2 Å². The maximum atomic E-state index is 13.4. The number of nitrogens with one attached hydrogen (secondary N) is 1. The summed E-state index contributed by atoms with van der Waals surface area (Å²) in [4.78, 5) is 35.7. The standard InChI is InChI=1S/C23H26N6O3/c24-20(30)15-5-7-17(8-6-15)26-23-25-14-16-13-19(22(31)28-9-11-32-12-10-28)29(21(16)27-23)18-3-1-2-4-18/h5-8,13-14,18H,1-4,9-12H2,(H2,24,30)(H,25,26,27). The summed E-state index contributed by atoms with van der Waals surface area (Å²) in [6.07, 6.45) is 6.13. The van der Waals surface area contributed by atoms with Gasteiger partial charge in [0.15, 0.2) is 0 Å². The van der Waals surface area contributed by atoms with Crippen molar-refractivity contribution in [2.45, 2.75) is 31.7 Å². The minimum Gasteiger partial charge on any atom is -0.378 e. The molecular formula is C23H26N6O3. The molecule has 2 aromatic heterocycles. The predicted molar refractivity (Wildman–Crippen MR) is 120 cm³/mol. The molecule has 9 heteroatoms. The number of aromatic nitrogens is 3. The van der Waals surface area contributed by atoms with E-state index in [-0.39, 0.29) is 11.9 Å². The highest BCUT2D eigenvalue weighted by Crippen LogP contribution is 2.35. The van der Waals surface area contributed by atoms with Crippen molar-refractivity contribution in [1.82, 2.24) is 19.4 Å². The lowest BCUT2D eigenvalue weighted by Crippen LogP contribution is -2.41. The fourth-order valence-corrected chi connectivity index (χ4v) is 4.54. The lowest BCUT2D eigenvalue weighted by molar-refractivity contribution is 0.0295. The van der Waals surface area contributed by atoms with E-state index in [0.717, 1.165) is 42.4 Å². The van der Waals surface area contributed by atoms with Crippen molar-refractivity contribution in [1.29, 1.82) is 0 Å². The molecule has 9 nitrogen and oxygen atoms in total. The van der Waals surface area contributed by atoms with Crippen LogP contribution in [0.25, 0.3) is 11.0 Å². The van der Waals surface area contributed by atoms with Crippen LogP contribution in [-0.4, -0.2) is 57.6 Å². The number of amides is 2. The quantitative estimate of drug-likeness (QED) is 0.638. The molecule has 1 aliphatic heterocycles. The van der Waals surface area contributed by atoms with Crippen LogP contribution in [0.15, 0.2) is 36.5 Å². The summed E-state index contributed by atoms with van der Waals surface area (Å²) in [6.45, 7) is 2.34. The van der Waals surface area contributed by atoms with Gasteiger partial charge in [0.25, 0.3) is 5.91 Å². The molecule has 0 spiro atoms. The molecule has 166 valence electrons. The normalized spacial score (nSPS) is 17.1. The number of ether oxygens (including phenoxy) is 1. The van der Waals surface area contributed by atoms with Gasteiger partial charge in [0, 0.05) is 42.0 Å². The molecule has 0 bridgehead atoms. The van der Waals surface area contributed by atoms with Crippen LogP contribution in [0, 0.1) is 0 Å². The van der Waals surface area contributed by atoms with Crippen molar-refractivity contribution < 1.29 is 14.3 Å². The molecule has 2 aliphatic rings. The Kier molecular flexibility index (Phi) is 5.48. The minimum atomic E-state index is -0.471. The van der Waals surface area contributed by atoms with Crippen LogP contribution in [0.5, 0.6) is 0 Å². The SMILES string of the molecule is NC(=O)c1ccc(Nc2ncc3cc(C(=O)N4CCOCC4)n(C4CCCC4)c3n2)cc1. The molecule has 3 aromatic rings. The number of benzene rings is 1. The topological polar surface area (TPSA) is 115 Å². The highest BCUT2D eigenvalue weighted by molar-refractivity contribution is 5.98. The number of nitrogens with two attached hydrogens (primary N) is 1. The molecule has 32 heavy (non-hydrogen) atoms. The Morgan fingerprint density at radius 3 is 2.50 bits per heavy atom. The van der Waals surface area contributed by atoms with Crippen LogP contribution in [0.3, 0.4) is 0 Å². The first kappa shape index (κ1) is 20.4. The molecule has 0 unspecified atom stereocenters. The first-order chi connectivity index (χ1) is 15.6. The van der Waals surface area contributed by atoms with E-state index in [4.69, 9.17) is 15.5 Å². The van der Waals surface area contributed by atoms with Gasteiger partial charge in [-0.2, -0.15) is 4.98 Å². The van der Waals surface area contributed by atoms with E-state index in [1.165, 1.54) is 0 Å². The number of morpholine rings is 1. The Labute approximate surface area is 185 Å². The summed E-state index contributed by atoms with van der Waals surface area (Å²) in [5.41, 5.74) is 7.93. The lowest BCUT2D eigenvalue weighted by atomic mass is 10.2. The molecule has 2 amide bonds. The number of nitrogens with zero attached hydrogens (tertiary/aromatic N) is 4. The van der Waals surface area contributed by atoms with E-state index in [0.29, 0.717) is 43.5 Å². The Morgan fingerprint density at radius 1 is 1.09 bits per heavy atom. The summed E-state index contributed by atoms with van der Waals surface area (Å²) >= 11 is 0. The van der Waals surface area contributed by atoms with Gasteiger partial charge in [0.2, 0.25) is 11.9 Å². The Morgan fingerprint density at radius 2 is 1.81 bits per heavy atom. The maximum Gasteiger partial charge on any atom is 0.270 e. The van der Waals surface area contributed by atoms with E-state index < -0.39 is 5.91 Å². The highest BCUT2D eigenvalue weighted by atomic mass is 16.5. The molecule has 3 heterocycles. The summed E-state index contributed by atoms with van der Waals surface area (Å²) in [5.74, 6) is -0.0112. The molecule has 1 aromatic carbocycles. The predicted octanol–water partition coefficient (Wildman–Crippen LogP) is 2.86. The van der Waals surface area contributed by atoms with Crippen molar-refractivity contribution in [2.24, 2.45) is 5.73 Å². The maximum absolute atomic E-state index is 13.4. The van der Waals surface area contributed by atoms with Gasteiger partial charge in [-0.1, -0.05) is 12.8 Å². The lowest BCUT2D eigenvalue weighted by Gasteiger charge is -2.28. The van der Waals surface area contributed by atoms with Crippen LogP contribution in [-0.2, 0) is 4.74 Å². The van der Waals surface area contributed by atoms with Gasteiger partial charge in [-0.3, -0.25) is 9.59 Å². The Hall–Kier alpha value is -3.46. The molecule has 3 N–H and O–H groups in total. The molecule has 1 saturated carbocycles. The number of primary amides is 1. The van der Waals surface area contributed by atoms with Crippen LogP contribution in [0.1, 0.15) is 52.6 Å². The fraction of sp³-hybridized carbons (Fsp3) is 0.391. The number of carbonyl (C=O) groups excluding carboxylic acids is 2. The van der Waals surface area contributed by atoms with E-state index in [9.17, 15) is 9.59 Å². The molecule has 0 atom stereocenters. The van der Waals surface area contributed by atoms with Crippen LogP contribution < -0.4 is 11.1 Å². The molecule has 5 rings (SSSR count). The number of carbonyl (C=O) groups is 2. The first-order valence-corrected chi connectivity index (χ1v) is 11.0. The van der Waals surface area contributed by atoms with Crippen molar-refractivity contribution in [3.63, 3.8) is 0 Å². The Bertz CT molecular complexity index is 1140. The van der Waals surface area contributed by atoms with E-state index in [1.54, 1.807) is 30.5 Å². The van der Waals surface area contributed by atoms with E-state index in [1.807, 2.05) is 11.0 Å². The monoisotopic (exact) mass is 434 g/mol. The zero-order valence-corrected chi connectivity index (χ0v) is 17.8. The minimum absolute atomic E-state index is 0.0229. The third-order valence-electron chi connectivity index (χ3n) is 6.21. The van der Waals surface area contributed by atoms with Crippen molar-refractivity contribution >= 4 is 34.5 Å². The molecule has 1 aliphatic carbocycles. The van der Waals surface area contributed by atoms with Crippen LogP contribution >= 0.6 is 0 Å². The molecular weight excluding hydrogens is 408 g/mol. The average Bonchev–Trinajstić information content (AvgIpc) is 3.47. The largest absolute Gasteiger partial charge is 0.378 e. The van der Waals surface area contributed by atoms with Gasteiger partial charge >= 0.3 is 0 Å². The number of hydrogen-bond donors (Lipinski definition) is 2. The second kappa shape index (κ2) is 8.58. The summed E-state index contributed by atoms with van der Waals surface area (Å²) in [7, 11) is 0. The second-order valence-corrected chi connectivity index (χ2v) is 8.28. The van der Waals surface area contributed by atoms with Crippen molar-refractivity contribution in [3.05, 3.63) is 47.8 Å². The summed E-state index contributed by atoms with van der Waals surface area (Å²) < 4.78 is 7.52. The van der Waals surface area contributed by atoms with E-state index >= 15 is 0 Å². The molecule has 0 radical (unpaired) electrons. The van der Waals surface area contributed by atoms with Gasteiger partial charge in [-0.15, -0.1) is 0 Å². The third kappa shape index (κ3) is 3.91.